The van der Waals surface area contributed by atoms with Crippen molar-refractivity contribution in [3.8, 4) is 22.3 Å². The molecule has 0 radical (unpaired) electrons. The zero-order chi connectivity index (χ0) is 56.2. The molecule has 0 unspecified atom stereocenters. The van der Waals surface area contributed by atoms with Crippen LogP contribution in [0.5, 0.6) is 0 Å². The van der Waals surface area contributed by atoms with Crippen molar-refractivity contribution in [2.75, 3.05) is 19.6 Å². The molecular formula is C78H68N4. The van der Waals surface area contributed by atoms with Crippen molar-refractivity contribution < 1.29 is 0 Å². The molecule has 0 heterocycles. The van der Waals surface area contributed by atoms with E-state index in [9.17, 15) is 0 Å². The van der Waals surface area contributed by atoms with Crippen molar-refractivity contribution in [2.45, 2.75) is 52.4 Å². The van der Waals surface area contributed by atoms with Crippen LogP contribution in [0.25, 0.3) is 33.0 Å². The molecule has 12 rings (SSSR count). The van der Waals surface area contributed by atoms with E-state index in [2.05, 4.69) is 364 Å². The van der Waals surface area contributed by atoms with Crippen LogP contribution in [-0.4, -0.2) is 0 Å². The van der Waals surface area contributed by atoms with E-state index in [4.69, 9.17) is 0 Å². The van der Waals surface area contributed by atoms with E-state index in [-0.39, 0.29) is 10.8 Å². The third-order valence-electron chi connectivity index (χ3n) is 15.4. The van der Waals surface area contributed by atoms with E-state index in [1.54, 1.807) is 0 Å². The van der Waals surface area contributed by atoms with Crippen molar-refractivity contribution in [1.82, 2.24) is 0 Å². The van der Waals surface area contributed by atoms with Crippen LogP contribution in [0.15, 0.2) is 303 Å². The molecule has 0 spiro atoms. The van der Waals surface area contributed by atoms with Gasteiger partial charge in [-0.05, 0) is 201 Å². The highest BCUT2D eigenvalue weighted by molar-refractivity contribution is 5.97. The lowest BCUT2D eigenvalue weighted by Crippen LogP contribution is -2.21. The molecule has 0 N–H and O–H groups in total. The minimum absolute atomic E-state index is 0.205. The fourth-order valence-electron chi connectivity index (χ4n) is 11.3. The van der Waals surface area contributed by atoms with Gasteiger partial charge >= 0.3 is 0 Å². The predicted molar refractivity (Wildman–Crippen MR) is 351 cm³/mol. The third-order valence-corrected chi connectivity index (χ3v) is 15.4. The SMILES string of the molecule is CC(C)(C)c1cc2cc(N(c3ccccc3)c3ccc(-c4ccc(N(c5ccccc5)c5ccccc5)cc4)cc3)c(C(C)(C)C)cc2cc1N(c1ccccc1)c1ccc(-c2ccc(N(c3ccccc3)c3ccccc3)cc2)cc1. The summed E-state index contributed by atoms with van der Waals surface area (Å²) in [5, 5.41) is 2.39. The van der Waals surface area contributed by atoms with Crippen LogP contribution in [0.1, 0.15) is 52.7 Å². The first-order chi connectivity index (χ1) is 39.9. The van der Waals surface area contributed by atoms with Crippen molar-refractivity contribution in [3.05, 3.63) is 314 Å². The van der Waals surface area contributed by atoms with Gasteiger partial charge in [0.2, 0.25) is 0 Å². The van der Waals surface area contributed by atoms with Gasteiger partial charge in [-0.25, -0.2) is 0 Å². The summed E-state index contributed by atoms with van der Waals surface area (Å²) in [6, 6.07) is 110. The molecule has 0 saturated heterocycles. The first-order valence-electron chi connectivity index (χ1n) is 28.5. The van der Waals surface area contributed by atoms with Crippen LogP contribution in [0.3, 0.4) is 0 Å². The summed E-state index contributed by atoms with van der Waals surface area (Å²) in [5.41, 5.74) is 20.2. The Morgan fingerprint density at radius 1 is 0.195 bits per heavy atom. The Hall–Kier alpha value is -9.90. The number of benzene rings is 12. The molecule has 12 aromatic carbocycles. The molecule has 4 nitrogen and oxygen atoms in total. The predicted octanol–water partition coefficient (Wildman–Crippen LogP) is 22.6. The average molecular weight is 1060 g/mol. The minimum atomic E-state index is -0.205. The highest BCUT2D eigenvalue weighted by Gasteiger charge is 2.29. The lowest BCUT2D eigenvalue weighted by atomic mass is 9.81. The molecule has 0 amide bonds. The normalized spacial score (nSPS) is 11.5. The summed E-state index contributed by atoms with van der Waals surface area (Å²) in [5.74, 6) is 0. The van der Waals surface area contributed by atoms with Gasteiger partial charge in [-0.3, -0.25) is 0 Å². The zero-order valence-electron chi connectivity index (χ0n) is 47.7. The Labute approximate surface area is 485 Å². The maximum absolute atomic E-state index is 2.45. The first-order valence-corrected chi connectivity index (χ1v) is 28.5. The monoisotopic (exact) mass is 1060 g/mol. The molecule has 400 valence electrons. The molecule has 0 fully saturated rings. The molecule has 0 aliphatic heterocycles. The Kier molecular flexibility index (Phi) is 14.6. The second-order valence-electron chi connectivity index (χ2n) is 23.1. The Morgan fingerprint density at radius 3 is 0.585 bits per heavy atom. The Bertz CT molecular complexity index is 3690. The topological polar surface area (TPSA) is 13.0 Å². The van der Waals surface area contributed by atoms with Gasteiger partial charge in [-0.1, -0.05) is 199 Å². The summed E-state index contributed by atoms with van der Waals surface area (Å²) >= 11 is 0. The molecule has 0 atom stereocenters. The number of nitrogens with zero attached hydrogens (tertiary/aromatic N) is 4. The van der Waals surface area contributed by atoms with E-state index in [0.717, 1.165) is 90.5 Å². The first kappa shape index (κ1) is 52.8. The van der Waals surface area contributed by atoms with E-state index < -0.39 is 0 Å². The number of para-hydroxylation sites is 6. The molecule has 0 aromatic heterocycles. The van der Waals surface area contributed by atoms with Gasteiger partial charge in [-0.2, -0.15) is 0 Å². The molecule has 12 aromatic rings. The molecule has 0 aliphatic carbocycles. The number of fused-ring (bicyclic) bond motifs is 1. The number of anilines is 12. The van der Waals surface area contributed by atoms with E-state index in [0.29, 0.717) is 0 Å². The van der Waals surface area contributed by atoms with Crippen LogP contribution in [0, 0.1) is 0 Å². The maximum atomic E-state index is 2.45. The molecule has 0 saturated carbocycles. The van der Waals surface area contributed by atoms with Crippen molar-refractivity contribution >= 4 is 79.0 Å². The zero-order valence-corrected chi connectivity index (χ0v) is 47.7. The maximum Gasteiger partial charge on any atom is 0.0505 e. The molecule has 82 heavy (non-hydrogen) atoms. The highest BCUT2D eigenvalue weighted by atomic mass is 15.2. The van der Waals surface area contributed by atoms with Crippen molar-refractivity contribution in [1.29, 1.82) is 0 Å². The average Bonchev–Trinajstić information content (AvgIpc) is 3.67. The van der Waals surface area contributed by atoms with Gasteiger partial charge in [0.25, 0.3) is 0 Å². The molecule has 4 heteroatoms. The second-order valence-corrected chi connectivity index (χ2v) is 23.1. The van der Waals surface area contributed by atoms with E-state index >= 15 is 0 Å². The fourth-order valence-corrected chi connectivity index (χ4v) is 11.3. The van der Waals surface area contributed by atoms with Gasteiger partial charge in [0.05, 0.1) is 11.4 Å². The summed E-state index contributed by atoms with van der Waals surface area (Å²) in [4.78, 5) is 9.50. The van der Waals surface area contributed by atoms with Gasteiger partial charge in [0.1, 0.15) is 0 Å². The second kappa shape index (κ2) is 22.7. The van der Waals surface area contributed by atoms with E-state index in [1.165, 1.54) is 21.9 Å². The van der Waals surface area contributed by atoms with Gasteiger partial charge in [0.15, 0.2) is 0 Å². The van der Waals surface area contributed by atoms with Crippen LogP contribution in [-0.2, 0) is 10.8 Å². The van der Waals surface area contributed by atoms with Crippen LogP contribution < -0.4 is 19.6 Å². The highest BCUT2D eigenvalue weighted by Crippen LogP contribution is 2.48. The molecular weight excluding hydrogens is 993 g/mol. The lowest BCUT2D eigenvalue weighted by Gasteiger charge is -2.34. The van der Waals surface area contributed by atoms with Gasteiger partial charge in [-0.15, -0.1) is 0 Å². The van der Waals surface area contributed by atoms with Crippen LogP contribution in [0.2, 0.25) is 0 Å². The number of rotatable bonds is 14. The summed E-state index contributed by atoms with van der Waals surface area (Å²) in [6.45, 7) is 14.0. The quantitative estimate of drug-likeness (QED) is 0.108. The lowest BCUT2D eigenvalue weighted by molar-refractivity contribution is 0.590. The fraction of sp³-hybridized carbons (Fsp3) is 0.103. The van der Waals surface area contributed by atoms with Crippen LogP contribution >= 0.6 is 0 Å². The summed E-state index contributed by atoms with van der Waals surface area (Å²) < 4.78 is 0. The Balaban J connectivity index is 0.908. The standard InChI is InChI=1S/C78H68N4/c1-77(2,3)73-53-61-56-76(82(68-35-23-12-24-36-68)72-51-43-60(44-52-72)58-39-47-70(48-40-58)80(65-29-17-9-18-30-65)66-31-19-10-20-32-66)74(78(4,5)6)54-62(61)55-75(73)81(67-33-21-11-22-34-67)71-49-41-59(42-50-71)57-37-45-69(46-38-57)79(63-25-13-7-14-26-63)64-27-15-8-16-28-64/h7-56H,1-6H3. The van der Waals surface area contributed by atoms with E-state index in [1.807, 2.05) is 0 Å². The Morgan fingerprint density at radius 2 is 0.378 bits per heavy atom. The number of hydrogen-bond acceptors (Lipinski definition) is 4. The smallest absolute Gasteiger partial charge is 0.0505 e. The largest absolute Gasteiger partial charge is 0.311 e. The van der Waals surface area contributed by atoms with Crippen molar-refractivity contribution in [3.63, 3.8) is 0 Å². The summed E-state index contributed by atoms with van der Waals surface area (Å²) in [7, 11) is 0. The third kappa shape index (κ3) is 11.0. The van der Waals surface area contributed by atoms with Gasteiger partial charge < -0.3 is 19.6 Å². The van der Waals surface area contributed by atoms with Gasteiger partial charge in [0, 0.05) is 56.9 Å². The van der Waals surface area contributed by atoms with Crippen molar-refractivity contribution in [2.24, 2.45) is 0 Å². The van der Waals surface area contributed by atoms with Crippen LogP contribution in [0.4, 0.5) is 68.2 Å². The minimum Gasteiger partial charge on any atom is -0.311 e. The molecule has 0 aliphatic rings. The summed E-state index contributed by atoms with van der Waals surface area (Å²) in [6.07, 6.45) is 0. The molecule has 0 bridgehead atoms. The number of hydrogen-bond donors (Lipinski definition) is 0.